The lowest BCUT2D eigenvalue weighted by Gasteiger charge is -2.32. The molecule has 0 aromatic rings. The molecule has 2 saturated heterocycles. The standard InChI is InChI=1S/C24H40N2O3/c1-2-3-4-5-6-7-8-9-10-11-12-13-14-15-16-17-23(27)26-19-18-22-21(20-26)24(28)25-29-22/h6-7,9-10,21-22H,2-5,8,11-20H2,1H3,(H,25,28). The highest BCUT2D eigenvalue weighted by Crippen LogP contribution is 2.24. The quantitative estimate of drug-likeness (QED) is 0.324. The number of unbranched alkanes of at least 4 members (excludes halogenated alkanes) is 8. The number of rotatable bonds is 14. The van der Waals surface area contributed by atoms with Crippen molar-refractivity contribution in [3.05, 3.63) is 24.3 Å². The van der Waals surface area contributed by atoms with Crippen molar-refractivity contribution in [2.45, 2.75) is 96.5 Å². The summed E-state index contributed by atoms with van der Waals surface area (Å²) in [6.07, 6.45) is 23.5. The summed E-state index contributed by atoms with van der Waals surface area (Å²) in [5.74, 6) is -0.0734. The zero-order valence-corrected chi connectivity index (χ0v) is 18.2. The molecule has 1 N–H and O–H groups in total. The minimum atomic E-state index is -0.183. The van der Waals surface area contributed by atoms with Crippen LogP contribution in [0.4, 0.5) is 0 Å². The highest BCUT2D eigenvalue weighted by atomic mass is 16.7. The summed E-state index contributed by atoms with van der Waals surface area (Å²) in [5, 5.41) is 0. The zero-order chi connectivity index (χ0) is 20.7. The van der Waals surface area contributed by atoms with Crippen LogP contribution in [-0.2, 0) is 14.4 Å². The molecular weight excluding hydrogens is 364 g/mol. The van der Waals surface area contributed by atoms with Crippen LogP contribution >= 0.6 is 0 Å². The van der Waals surface area contributed by atoms with Gasteiger partial charge in [-0.3, -0.25) is 14.4 Å². The van der Waals surface area contributed by atoms with Crippen molar-refractivity contribution in [2.24, 2.45) is 5.92 Å². The summed E-state index contributed by atoms with van der Waals surface area (Å²) in [5.41, 5.74) is 2.44. The van der Waals surface area contributed by atoms with Crippen LogP contribution in [0.15, 0.2) is 24.3 Å². The topological polar surface area (TPSA) is 58.6 Å². The van der Waals surface area contributed by atoms with Crippen molar-refractivity contribution in [3.63, 3.8) is 0 Å². The van der Waals surface area contributed by atoms with Crippen LogP contribution in [0.5, 0.6) is 0 Å². The maximum absolute atomic E-state index is 12.4. The number of carbonyl (C=O) groups excluding carboxylic acids is 2. The molecule has 0 aliphatic carbocycles. The minimum absolute atomic E-state index is 0.0533. The van der Waals surface area contributed by atoms with E-state index in [1.54, 1.807) is 0 Å². The lowest BCUT2D eigenvalue weighted by Crippen LogP contribution is -2.46. The summed E-state index contributed by atoms with van der Waals surface area (Å²) in [6.45, 7) is 3.45. The average molecular weight is 405 g/mol. The highest BCUT2D eigenvalue weighted by molar-refractivity contribution is 5.82. The van der Waals surface area contributed by atoms with E-state index in [2.05, 4.69) is 36.7 Å². The predicted molar refractivity (Wildman–Crippen MR) is 117 cm³/mol. The summed E-state index contributed by atoms with van der Waals surface area (Å²) in [7, 11) is 0. The van der Waals surface area contributed by atoms with E-state index in [0.29, 0.717) is 19.5 Å². The molecule has 5 nitrogen and oxygen atoms in total. The zero-order valence-electron chi connectivity index (χ0n) is 18.2. The van der Waals surface area contributed by atoms with Crippen molar-refractivity contribution in [2.75, 3.05) is 13.1 Å². The number of hydroxylamine groups is 1. The number of nitrogens with zero attached hydrogens (tertiary/aromatic N) is 1. The first-order valence-corrected chi connectivity index (χ1v) is 11.8. The maximum atomic E-state index is 12.4. The van der Waals surface area contributed by atoms with Crippen LogP contribution in [0.2, 0.25) is 0 Å². The summed E-state index contributed by atoms with van der Waals surface area (Å²) in [4.78, 5) is 31.2. The second-order valence-electron chi connectivity index (χ2n) is 8.34. The Hall–Kier alpha value is -1.62. The number of hydrogen-bond donors (Lipinski definition) is 1. The molecular formula is C24H40N2O3. The van der Waals surface area contributed by atoms with Crippen molar-refractivity contribution < 1.29 is 14.4 Å². The number of nitrogens with one attached hydrogen (secondary N) is 1. The monoisotopic (exact) mass is 404 g/mol. The molecule has 2 atom stereocenters. The van der Waals surface area contributed by atoms with Crippen molar-refractivity contribution >= 4 is 11.8 Å². The second kappa shape index (κ2) is 14.4. The molecule has 0 spiro atoms. The Balaban J connectivity index is 1.41. The van der Waals surface area contributed by atoms with Crippen molar-refractivity contribution in [1.29, 1.82) is 0 Å². The van der Waals surface area contributed by atoms with E-state index in [-0.39, 0.29) is 23.8 Å². The molecule has 2 unspecified atom stereocenters. The van der Waals surface area contributed by atoms with E-state index < -0.39 is 0 Å². The summed E-state index contributed by atoms with van der Waals surface area (Å²) < 4.78 is 0. The Labute approximate surface area is 176 Å². The first-order chi connectivity index (χ1) is 14.2. The van der Waals surface area contributed by atoms with Gasteiger partial charge < -0.3 is 4.90 Å². The van der Waals surface area contributed by atoms with Gasteiger partial charge in [0, 0.05) is 19.5 Å². The molecule has 2 fully saturated rings. The fraction of sp³-hybridized carbons (Fsp3) is 0.750. The third-order valence-electron chi connectivity index (χ3n) is 5.89. The van der Waals surface area contributed by atoms with Crippen molar-refractivity contribution in [3.8, 4) is 0 Å². The molecule has 2 aliphatic heterocycles. The van der Waals surface area contributed by atoms with E-state index in [9.17, 15) is 9.59 Å². The third kappa shape index (κ3) is 9.16. The fourth-order valence-corrected chi connectivity index (χ4v) is 4.01. The molecule has 0 aromatic heterocycles. The number of allylic oxidation sites excluding steroid dienone is 4. The molecule has 29 heavy (non-hydrogen) atoms. The first-order valence-electron chi connectivity index (χ1n) is 11.8. The molecule has 2 amide bonds. The Morgan fingerprint density at radius 2 is 1.72 bits per heavy atom. The van der Waals surface area contributed by atoms with Gasteiger partial charge in [-0.2, -0.15) is 0 Å². The number of piperidine rings is 1. The molecule has 2 rings (SSSR count). The molecule has 0 bridgehead atoms. The van der Waals surface area contributed by atoms with E-state index in [1.165, 1.54) is 44.9 Å². The second-order valence-corrected chi connectivity index (χ2v) is 8.34. The van der Waals surface area contributed by atoms with Crippen LogP contribution in [0.3, 0.4) is 0 Å². The molecule has 0 saturated carbocycles. The first kappa shape index (κ1) is 23.7. The van der Waals surface area contributed by atoms with E-state index >= 15 is 0 Å². The maximum Gasteiger partial charge on any atom is 0.251 e. The van der Waals surface area contributed by atoms with Gasteiger partial charge in [-0.05, 0) is 44.9 Å². The van der Waals surface area contributed by atoms with E-state index in [4.69, 9.17) is 4.84 Å². The summed E-state index contributed by atoms with van der Waals surface area (Å²) >= 11 is 0. The smallest absolute Gasteiger partial charge is 0.251 e. The van der Waals surface area contributed by atoms with Gasteiger partial charge in [-0.1, -0.05) is 63.3 Å². The molecule has 164 valence electrons. The van der Waals surface area contributed by atoms with Crippen LogP contribution in [-0.4, -0.2) is 35.9 Å². The Morgan fingerprint density at radius 1 is 1.03 bits per heavy atom. The molecule has 0 radical (unpaired) electrons. The number of likely N-dealkylation sites (tertiary alicyclic amines) is 1. The largest absolute Gasteiger partial charge is 0.342 e. The molecule has 2 heterocycles. The number of amides is 2. The van der Waals surface area contributed by atoms with Crippen LogP contribution in [0, 0.1) is 5.92 Å². The predicted octanol–water partition coefficient (Wildman–Crippen LogP) is 5.08. The average Bonchev–Trinajstić information content (AvgIpc) is 3.11. The third-order valence-corrected chi connectivity index (χ3v) is 5.89. The van der Waals surface area contributed by atoms with Gasteiger partial charge in [-0.15, -0.1) is 0 Å². The van der Waals surface area contributed by atoms with E-state index in [1.807, 2.05) is 4.90 Å². The fourth-order valence-electron chi connectivity index (χ4n) is 4.01. The number of hydrogen-bond acceptors (Lipinski definition) is 3. The van der Waals surface area contributed by atoms with Gasteiger partial charge in [0.05, 0.1) is 5.92 Å². The van der Waals surface area contributed by atoms with Gasteiger partial charge in [0.2, 0.25) is 5.91 Å². The lowest BCUT2D eigenvalue weighted by atomic mass is 9.94. The minimum Gasteiger partial charge on any atom is -0.342 e. The molecule has 0 aromatic carbocycles. The molecule has 2 aliphatic rings. The van der Waals surface area contributed by atoms with Gasteiger partial charge in [0.15, 0.2) is 0 Å². The van der Waals surface area contributed by atoms with Gasteiger partial charge in [0.1, 0.15) is 6.10 Å². The van der Waals surface area contributed by atoms with Gasteiger partial charge in [0.25, 0.3) is 5.91 Å². The number of fused-ring (bicyclic) bond motifs is 1. The number of carbonyl (C=O) groups is 2. The van der Waals surface area contributed by atoms with E-state index in [0.717, 1.165) is 32.1 Å². The van der Waals surface area contributed by atoms with Gasteiger partial charge >= 0.3 is 0 Å². The highest BCUT2D eigenvalue weighted by Gasteiger charge is 2.41. The Kier molecular flexibility index (Phi) is 11.7. The molecule has 5 heteroatoms. The lowest BCUT2D eigenvalue weighted by molar-refractivity contribution is -0.135. The summed E-state index contributed by atoms with van der Waals surface area (Å²) in [6, 6.07) is 0. The van der Waals surface area contributed by atoms with Crippen LogP contribution in [0.25, 0.3) is 0 Å². The van der Waals surface area contributed by atoms with Crippen LogP contribution < -0.4 is 5.48 Å². The van der Waals surface area contributed by atoms with Crippen molar-refractivity contribution in [1.82, 2.24) is 10.4 Å². The Bertz CT molecular complexity index is 544. The Morgan fingerprint density at radius 3 is 2.48 bits per heavy atom. The SMILES string of the molecule is CCCCCC=CCC=CCCCCCCCC(=O)N1CCC2ONC(=O)C2C1. The normalized spacial score (nSPS) is 21.8. The van der Waals surface area contributed by atoms with Crippen LogP contribution in [0.1, 0.15) is 90.4 Å². The van der Waals surface area contributed by atoms with Gasteiger partial charge in [-0.25, -0.2) is 5.48 Å².